The van der Waals surface area contributed by atoms with E-state index in [-0.39, 0.29) is 0 Å². The molecular formula is C18H21BrN4. The zero-order chi connectivity index (χ0) is 16.4. The van der Waals surface area contributed by atoms with Gasteiger partial charge in [0.25, 0.3) is 0 Å². The number of nitrogens with one attached hydrogen (secondary N) is 1. The number of para-hydroxylation sites is 1. The number of halogens is 1. The van der Waals surface area contributed by atoms with Crippen molar-refractivity contribution in [2.24, 2.45) is 7.05 Å². The molecular weight excluding hydrogens is 352 g/mol. The Morgan fingerprint density at radius 1 is 1.13 bits per heavy atom. The van der Waals surface area contributed by atoms with Crippen molar-refractivity contribution < 1.29 is 0 Å². The summed E-state index contributed by atoms with van der Waals surface area (Å²) in [6.07, 6.45) is 1.91. The number of nitrogens with zero attached hydrogens (tertiary/aromatic N) is 3. The minimum Gasteiger partial charge on any atom is -0.376 e. The molecule has 4 nitrogen and oxygen atoms in total. The lowest BCUT2D eigenvalue weighted by molar-refractivity contribution is 0.647. The predicted molar refractivity (Wildman–Crippen MR) is 99.7 cm³/mol. The molecule has 0 radical (unpaired) electrons. The molecule has 3 aromatic rings. The van der Waals surface area contributed by atoms with E-state index >= 15 is 0 Å². The van der Waals surface area contributed by atoms with Crippen LogP contribution >= 0.6 is 15.9 Å². The van der Waals surface area contributed by atoms with Crippen molar-refractivity contribution in [3.63, 3.8) is 0 Å². The summed E-state index contributed by atoms with van der Waals surface area (Å²) in [5.41, 5.74) is 4.65. The second-order valence-corrected chi connectivity index (χ2v) is 6.64. The highest BCUT2D eigenvalue weighted by molar-refractivity contribution is 9.10. The first-order valence-electron chi connectivity index (χ1n) is 7.62. The molecule has 3 rings (SSSR count). The third-order valence-corrected chi connectivity index (χ3v) is 4.97. The number of benzene rings is 1. The maximum Gasteiger partial charge on any atom is 0.0547 e. The van der Waals surface area contributed by atoms with Gasteiger partial charge in [0.2, 0.25) is 0 Å². The lowest BCUT2D eigenvalue weighted by atomic mass is 10.2. The molecule has 0 bridgehead atoms. The Morgan fingerprint density at radius 2 is 1.91 bits per heavy atom. The fraction of sp³-hybridized carbons (Fsp3) is 0.278. The van der Waals surface area contributed by atoms with Crippen molar-refractivity contribution >= 4 is 32.5 Å². The largest absolute Gasteiger partial charge is 0.376 e. The van der Waals surface area contributed by atoms with Gasteiger partial charge < -0.3 is 14.8 Å². The van der Waals surface area contributed by atoms with E-state index in [1.54, 1.807) is 0 Å². The zero-order valence-electron chi connectivity index (χ0n) is 13.7. The van der Waals surface area contributed by atoms with Gasteiger partial charge in [-0.1, -0.05) is 18.2 Å². The lowest BCUT2D eigenvalue weighted by Crippen LogP contribution is -2.16. The van der Waals surface area contributed by atoms with E-state index < -0.39 is 0 Å². The number of rotatable bonds is 5. The van der Waals surface area contributed by atoms with Gasteiger partial charge in [0.1, 0.15) is 0 Å². The summed E-state index contributed by atoms with van der Waals surface area (Å²) in [5.74, 6) is 0. The van der Waals surface area contributed by atoms with Crippen LogP contribution in [0.5, 0.6) is 0 Å². The fourth-order valence-electron chi connectivity index (χ4n) is 2.69. The summed E-state index contributed by atoms with van der Waals surface area (Å²) in [4.78, 5) is 6.55. The van der Waals surface area contributed by atoms with Crippen molar-refractivity contribution in [3.8, 4) is 0 Å². The lowest BCUT2D eigenvalue weighted by Gasteiger charge is -2.12. The molecule has 0 unspecified atom stereocenters. The third kappa shape index (κ3) is 3.26. The molecule has 23 heavy (non-hydrogen) atoms. The summed E-state index contributed by atoms with van der Waals surface area (Å²) >= 11 is 3.73. The van der Waals surface area contributed by atoms with E-state index in [9.17, 15) is 0 Å². The number of aromatic nitrogens is 2. The highest BCUT2D eigenvalue weighted by Gasteiger charge is 2.11. The maximum absolute atomic E-state index is 4.50. The van der Waals surface area contributed by atoms with E-state index in [2.05, 4.69) is 79.1 Å². The second-order valence-electron chi connectivity index (χ2n) is 5.84. The van der Waals surface area contributed by atoms with Crippen LogP contribution in [0.25, 0.3) is 10.9 Å². The Labute approximate surface area is 145 Å². The van der Waals surface area contributed by atoms with Crippen LogP contribution < -0.4 is 10.2 Å². The first kappa shape index (κ1) is 16.0. The number of aryl methyl sites for hydroxylation is 1. The molecule has 2 aromatic heterocycles. The Hall–Kier alpha value is -1.85. The SMILES string of the molecule is CN(C)c1ccc(CNCc2c(Br)c3ccccc3n2C)nc1. The van der Waals surface area contributed by atoms with Crippen molar-refractivity contribution in [2.75, 3.05) is 19.0 Å². The number of fused-ring (bicyclic) bond motifs is 1. The van der Waals surface area contributed by atoms with E-state index in [4.69, 9.17) is 0 Å². The summed E-state index contributed by atoms with van der Waals surface area (Å²) in [7, 11) is 6.15. The van der Waals surface area contributed by atoms with Gasteiger partial charge in [-0.2, -0.15) is 0 Å². The van der Waals surface area contributed by atoms with Crippen LogP contribution in [-0.4, -0.2) is 23.6 Å². The molecule has 0 aliphatic carbocycles. The van der Waals surface area contributed by atoms with Gasteiger partial charge in [-0.3, -0.25) is 4.98 Å². The molecule has 1 N–H and O–H groups in total. The van der Waals surface area contributed by atoms with Crippen LogP contribution in [0.15, 0.2) is 47.1 Å². The fourth-order valence-corrected chi connectivity index (χ4v) is 3.43. The average Bonchev–Trinajstić information content (AvgIpc) is 2.81. The van der Waals surface area contributed by atoms with Crippen molar-refractivity contribution in [1.29, 1.82) is 0 Å². The summed E-state index contributed by atoms with van der Waals surface area (Å²) in [6.45, 7) is 1.55. The minimum atomic E-state index is 0.752. The smallest absolute Gasteiger partial charge is 0.0547 e. The molecule has 0 saturated carbocycles. The molecule has 0 saturated heterocycles. The normalized spacial score (nSPS) is 11.1. The number of hydrogen-bond acceptors (Lipinski definition) is 3. The van der Waals surface area contributed by atoms with Gasteiger partial charge >= 0.3 is 0 Å². The second kappa shape index (κ2) is 6.72. The molecule has 5 heteroatoms. The molecule has 2 heterocycles. The molecule has 0 atom stereocenters. The highest BCUT2D eigenvalue weighted by Crippen LogP contribution is 2.30. The molecule has 0 aliphatic heterocycles. The minimum absolute atomic E-state index is 0.752. The van der Waals surface area contributed by atoms with Gasteiger partial charge in [0.05, 0.1) is 17.6 Å². The summed E-state index contributed by atoms with van der Waals surface area (Å²) in [5, 5.41) is 4.73. The van der Waals surface area contributed by atoms with Crippen LogP contribution in [0, 0.1) is 0 Å². The van der Waals surface area contributed by atoms with Gasteiger partial charge in [-0.25, -0.2) is 0 Å². The summed E-state index contributed by atoms with van der Waals surface area (Å²) in [6, 6.07) is 12.6. The molecule has 0 fully saturated rings. The molecule has 0 aliphatic rings. The number of pyridine rings is 1. The molecule has 1 aromatic carbocycles. The Kier molecular flexibility index (Phi) is 4.68. The van der Waals surface area contributed by atoms with E-state index in [1.807, 2.05) is 20.3 Å². The van der Waals surface area contributed by atoms with Gasteiger partial charge in [-0.15, -0.1) is 0 Å². The van der Waals surface area contributed by atoms with Crippen molar-refractivity contribution in [2.45, 2.75) is 13.1 Å². The Bertz CT molecular complexity index is 767. The van der Waals surface area contributed by atoms with Gasteiger partial charge in [0, 0.05) is 55.3 Å². The van der Waals surface area contributed by atoms with E-state index in [0.717, 1.165) is 24.5 Å². The van der Waals surface area contributed by atoms with Gasteiger partial charge in [-0.05, 0) is 34.1 Å². The first-order valence-corrected chi connectivity index (χ1v) is 8.42. The zero-order valence-corrected chi connectivity index (χ0v) is 15.3. The van der Waals surface area contributed by atoms with Crippen LogP contribution in [0.1, 0.15) is 11.4 Å². The molecule has 0 spiro atoms. The standard InChI is InChI=1S/C18H21BrN4/c1-22(2)14-9-8-13(21-11-14)10-20-12-17-18(19)15-6-4-5-7-16(15)23(17)3/h4-9,11,20H,10,12H2,1-3H3. The predicted octanol–water partition coefficient (Wildman–Crippen LogP) is 3.69. The maximum atomic E-state index is 4.50. The number of anilines is 1. The summed E-state index contributed by atoms with van der Waals surface area (Å²) < 4.78 is 3.40. The Morgan fingerprint density at radius 3 is 2.57 bits per heavy atom. The van der Waals surface area contributed by atoms with Crippen LogP contribution in [0.2, 0.25) is 0 Å². The molecule has 120 valence electrons. The molecule has 0 amide bonds. The Balaban J connectivity index is 1.69. The third-order valence-electron chi connectivity index (χ3n) is 4.08. The van der Waals surface area contributed by atoms with E-state index in [0.29, 0.717) is 0 Å². The van der Waals surface area contributed by atoms with Gasteiger partial charge in [0.15, 0.2) is 0 Å². The first-order chi connectivity index (χ1) is 11.1. The number of hydrogen-bond donors (Lipinski definition) is 1. The monoisotopic (exact) mass is 372 g/mol. The van der Waals surface area contributed by atoms with Crippen molar-refractivity contribution in [1.82, 2.24) is 14.9 Å². The average molecular weight is 373 g/mol. The van der Waals surface area contributed by atoms with Crippen LogP contribution in [-0.2, 0) is 20.1 Å². The quantitative estimate of drug-likeness (QED) is 0.741. The highest BCUT2D eigenvalue weighted by atomic mass is 79.9. The van der Waals surface area contributed by atoms with E-state index in [1.165, 1.54) is 21.1 Å². The van der Waals surface area contributed by atoms with Crippen LogP contribution in [0.4, 0.5) is 5.69 Å². The van der Waals surface area contributed by atoms with Crippen LogP contribution in [0.3, 0.4) is 0 Å². The topological polar surface area (TPSA) is 33.1 Å². The van der Waals surface area contributed by atoms with Crippen molar-refractivity contribution in [3.05, 3.63) is 58.5 Å².